The largest absolute Gasteiger partial charge is 0.396 e. The van der Waals surface area contributed by atoms with Gasteiger partial charge in [-0.3, -0.25) is 9.59 Å². The number of ketones is 1. The monoisotopic (exact) mass is 265 g/mol. The fourth-order valence-corrected chi connectivity index (χ4v) is 2.54. The van der Waals surface area contributed by atoms with Gasteiger partial charge in [-0.15, -0.1) is 0 Å². The molecule has 1 saturated heterocycles. The number of hydrogen-bond acceptors (Lipinski definition) is 4. The van der Waals surface area contributed by atoms with Gasteiger partial charge >= 0.3 is 0 Å². The van der Waals surface area contributed by atoms with Gasteiger partial charge in [0.2, 0.25) is 5.91 Å². The Morgan fingerprint density at radius 1 is 1.42 bits per heavy atom. The van der Waals surface area contributed by atoms with E-state index in [4.69, 9.17) is 9.84 Å². The topological polar surface area (TPSA) is 66.8 Å². The van der Waals surface area contributed by atoms with Crippen LogP contribution in [0.15, 0.2) is 24.3 Å². The predicted octanol–water partition coefficient (Wildman–Crippen LogP) is 0.644. The molecule has 2 rings (SSSR count). The molecule has 0 radical (unpaired) electrons. The van der Waals surface area contributed by atoms with Crippen LogP contribution in [0.5, 0.6) is 0 Å². The van der Waals surface area contributed by atoms with Crippen molar-refractivity contribution in [3.8, 4) is 0 Å². The molecule has 1 N–H and O–H groups in total. The molecule has 0 bridgehead atoms. The molecule has 2 aliphatic rings. The summed E-state index contributed by atoms with van der Waals surface area (Å²) in [6, 6.07) is -0.0588. The lowest BCUT2D eigenvalue weighted by Crippen LogP contribution is -2.61. The highest BCUT2D eigenvalue weighted by atomic mass is 16.5. The number of allylic oxidation sites excluding steroid dienone is 2. The molecule has 19 heavy (non-hydrogen) atoms. The van der Waals surface area contributed by atoms with Crippen molar-refractivity contribution >= 4 is 11.7 Å². The van der Waals surface area contributed by atoms with E-state index >= 15 is 0 Å². The molecule has 1 amide bonds. The molecule has 1 aliphatic heterocycles. The van der Waals surface area contributed by atoms with Crippen molar-refractivity contribution in [3.63, 3.8) is 0 Å². The Bertz CT molecular complexity index is 423. The second kappa shape index (κ2) is 5.27. The molecule has 0 saturated carbocycles. The van der Waals surface area contributed by atoms with Crippen molar-refractivity contribution < 1.29 is 19.4 Å². The average molecular weight is 265 g/mol. The highest BCUT2D eigenvalue weighted by Crippen LogP contribution is 2.33. The van der Waals surface area contributed by atoms with Gasteiger partial charge in [0.1, 0.15) is 0 Å². The lowest BCUT2D eigenvalue weighted by Gasteiger charge is -2.48. The molecule has 1 spiro atoms. The minimum Gasteiger partial charge on any atom is -0.396 e. The summed E-state index contributed by atoms with van der Waals surface area (Å²) in [5, 5.41) is 9.00. The van der Waals surface area contributed by atoms with Crippen molar-refractivity contribution in [1.82, 2.24) is 4.90 Å². The van der Waals surface area contributed by atoms with Crippen molar-refractivity contribution in [2.24, 2.45) is 5.92 Å². The Kier molecular flexibility index (Phi) is 3.87. The smallest absolute Gasteiger partial charge is 0.231 e. The van der Waals surface area contributed by atoms with E-state index in [2.05, 4.69) is 0 Å². The number of carbonyl (C=O) groups excluding carboxylic acids is 2. The number of amides is 1. The highest BCUT2D eigenvalue weighted by molar-refractivity contribution is 6.01. The van der Waals surface area contributed by atoms with Gasteiger partial charge < -0.3 is 14.7 Å². The summed E-state index contributed by atoms with van der Waals surface area (Å²) in [7, 11) is 0. The fourth-order valence-electron chi connectivity index (χ4n) is 2.54. The summed E-state index contributed by atoms with van der Waals surface area (Å²) in [4.78, 5) is 25.4. The van der Waals surface area contributed by atoms with Crippen molar-refractivity contribution in [2.45, 2.75) is 32.0 Å². The van der Waals surface area contributed by atoms with Gasteiger partial charge in [-0.25, -0.2) is 0 Å². The molecule has 0 aromatic rings. The number of ether oxygens (including phenoxy) is 1. The van der Waals surface area contributed by atoms with Crippen LogP contribution in [0.1, 0.15) is 20.3 Å². The Morgan fingerprint density at radius 2 is 2.05 bits per heavy atom. The Hall–Kier alpha value is -1.46. The quantitative estimate of drug-likeness (QED) is 0.813. The number of hydrogen-bond donors (Lipinski definition) is 1. The molecule has 104 valence electrons. The molecule has 5 heteroatoms. The third-order valence-electron chi connectivity index (χ3n) is 3.45. The van der Waals surface area contributed by atoms with Gasteiger partial charge in [-0.1, -0.05) is 0 Å². The lowest BCUT2D eigenvalue weighted by molar-refractivity contribution is -0.186. The van der Waals surface area contributed by atoms with Gasteiger partial charge in [-0.05, 0) is 44.6 Å². The highest BCUT2D eigenvalue weighted by Gasteiger charge is 2.46. The van der Waals surface area contributed by atoms with Gasteiger partial charge in [0.05, 0.1) is 12.5 Å². The van der Waals surface area contributed by atoms with E-state index in [-0.39, 0.29) is 36.9 Å². The Balaban J connectivity index is 2.31. The fraction of sp³-hybridized carbons (Fsp3) is 0.571. The van der Waals surface area contributed by atoms with Crippen LogP contribution in [0.2, 0.25) is 0 Å². The van der Waals surface area contributed by atoms with Crippen LogP contribution < -0.4 is 0 Å². The van der Waals surface area contributed by atoms with E-state index < -0.39 is 5.72 Å². The number of aliphatic hydroxyl groups is 1. The summed E-state index contributed by atoms with van der Waals surface area (Å²) in [5.41, 5.74) is -0.953. The first kappa shape index (κ1) is 14.0. The maximum atomic E-state index is 12.5. The summed E-state index contributed by atoms with van der Waals surface area (Å²) in [6.45, 7) is 4.03. The van der Waals surface area contributed by atoms with E-state index in [0.717, 1.165) is 0 Å². The number of carbonyl (C=O) groups is 2. The zero-order chi connectivity index (χ0) is 14.0. The first-order valence-corrected chi connectivity index (χ1v) is 6.50. The number of rotatable bonds is 3. The zero-order valence-corrected chi connectivity index (χ0v) is 11.2. The second-order valence-corrected chi connectivity index (χ2v) is 5.14. The molecule has 5 nitrogen and oxygen atoms in total. The van der Waals surface area contributed by atoms with Crippen molar-refractivity contribution in [3.05, 3.63) is 24.3 Å². The molecule has 1 fully saturated rings. The first-order chi connectivity index (χ1) is 9.00. The van der Waals surface area contributed by atoms with Crippen LogP contribution in [0.25, 0.3) is 0 Å². The Labute approximate surface area is 112 Å². The molecule has 1 aliphatic carbocycles. The Morgan fingerprint density at radius 3 is 2.58 bits per heavy atom. The molecule has 1 heterocycles. The van der Waals surface area contributed by atoms with Gasteiger partial charge in [-0.2, -0.15) is 0 Å². The summed E-state index contributed by atoms with van der Waals surface area (Å²) in [5.74, 6) is -0.473. The number of aliphatic hydroxyl groups excluding tert-OH is 1. The molecule has 0 aromatic carbocycles. The lowest BCUT2D eigenvalue weighted by atomic mass is 9.94. The molecule has 1 unspecified atom stereocenters. The minimum atomic E-state index is -0.953. The van der Waals surface area contributed by atoms with E-state index in [9.17, 15) is 9.59 Å². The first-order valence-electron chi connectivity index (χ1n) is 6.50. The standard InChI is InChI=1S/C14H19NO4/c1-10(2)15-13(18)11(5-8-16)9-19-14(15)6-3-12(17)4-7-14/h3-4,6-7,10-11,16H,5,8-9H2,1-2H3. The van der Waals surface area contributed by atoms with E-state index in [1.54, 1.807) is 17.1 Å². The third kappa shape index (κ3) is 2.48. The van der Waals surface area contributed by atoms with Crippen LogP contribution >= 0.6 is 0 Å². The van der Waals surface area contributed by atoms with Crippen molar-refractivity contribution in [2.75, 3.05) is 13.2 Å². The summed E-state index contributed by atoms with van der Waals surface area (Å²) in [6.07, 6.45) is 6.50. The van der Waals surface area contributed by atoms with Crippen LogP contribution in [0.3, 0.4) is 0 Å². The summed E-state index contributed by atoms with van der Waals surface area (Å²) < 4.78 is 5.83. The van der Waals surface area contributed by atoms with E-state index in [0.29, 0.717) is 6.42 Å². The maximum absolute atomic E-state index is 12.5. The van der Waals surface area contributed by atoms with Crippen LogP contribution in [-0.4, -0.2) is 46.7 Å². The maximum Gasteiger partial charge on any atom is 0.231 e. The van der Waals surface area contributed by atoms with Gasteiger partial charge in [0.25, 0.3) is 0 Å². The minimum absolute atomic E-state index is 0.0388. The number of nitrogens with zero attached hydrogens (tertiary/aromatic N) is 1. The van der Waals surface area contributed by atoms with E-state index in [1.165, 1.54) is 12.2 Å². The zero-order valence-electron chi connectivity index (χ0n) is 11.2. The molecule has 0 aromatic heterocycles. The van der Waals surface area contributed by atoms with Crippen LogP contribution in [-0.2, 0) is 14.3 Å². The predicted molar refractivity (Wildman–Crippen MR) is 69.1 cm³/mol. The van der Waals surface area contributed by atoms with Gasteiger partial charge in [0.15, 0.2) is 11.5 Å². The van der Waals surface area contributed by atoms with Crippen LogP contribution in [0.4, 0.5) is 0 Å². The molecular weight excluding hydrogens is 246 g/mol. The third-order valence-corrected chi connectivity index (χ3v) is 3.45. The summed E-state index contributed by atoms with van der Waals surface area (Å²) >= 11 is 0. The molecule has 1 atom stereocenters. The molecular formula is C14H19NO4. The second-order valence-electron chi connectivity index (χ2n) is 5.14. The van der Waals surface area contributed by atoms with Gasteiger partial charge in [0, 0.05) is 12.6 Å². The average Bonchev–Trinajstić information content (AvgIpc) is 2.36. The SMILES string of the molecule is CC(C)N1C(=O)C(CCO)COC12C=CC(=O)C=C2. The van der Waals surface area contributed by atoms with Crippen molar-refractivity contribution in [1.29, 1.82) is 0 Å². The van der Waals surface area contributed by atoms with E-state index in [1.807, 2.05) is 13.8 Å². The van der Waals surface area contributed by atoms with Crippen LogP contribution in [0, 0.1) is 5.92 Å². The normalized spacial score (nSPS) is 25.7.